The van der Waals surface area contributed by atoms with Gasteiger partial charge in [0.05, 0.1) is 10.0 Å². The molecule has 96 valence electrons. The summed E-state index contributed by atoms with van der Waals surface area (Å²) in [6.45, 7) is 7.60. The lowest BCUT2D eigenvalue weighted by atomic mass is 9.93. The fourth-order valence-corrected chi connectivity index (χ4v) is 2.36. The zero-order chi connectivity index (χ0) is 12.8. The maximum absolute atomic E-state index is 6.23. The summed E-state index contributed by atoms with van der Waals surface area (Å²) in [7, 11) is 0. The molecule has 0 saturated heterocycles. The van der Waals surface area contributed by atoms with Gasteiger partial charge in [0.15, 0.2) is 0 Å². The van der Waals surface area contributed by atoms with Gasteiger partial charge in [-0.25, -0.2) is 0 Å². The first-order valence-corrected chi connectivity index (χ1v) is 7.02. The number of likely N-dealkylation sites (N-methyl/N-ethyl adjacent to an activating group) is 1. The third kappa shape index (κ3) is 4.17. The molecule has 0 spiro atoms. The van der Waals surface area contributed by atoms with Gasteiger partial charge in [-0.1, -0.05) is 62.5 Å². The van der Waals surface area contributed by atoms with Crippen LogP contribution in [0, 0.1) is 5.92 Å². The Hall–Kier alpha value is -0.240. The molecule has 0 heterocycles. The van der Waals surface area contributed by atoms with Crippen LogP contribution >= 0.6 is 23.2 Å². The van der Waals surface area contributed by atoms with Crippen LogP contribution in [-0.2, 0) is 6.42 Å². The first-order valence-electron chi connectivity index (χ1n) is 6.26. The zero-order valence-corrected chi connectivity index (χ0v) is 12.3. The van der Waals surface area contributed by atoms with E-state index in [9.17, 15) is 0 Å². The molecule has 0 aromatic heterocycles. The second kappa shape index (κ2) is 7.25. The van der Waals surface area contributed by atoms with E-state index in [1.54, 1.807) is 0 Å². The number of benzene rings is 1. The van der Waals surface area contributed by atoms with E-state index in [4.69, 9.17) is 23.2 Å². The van der Waals surface area contributed by atoms with E-state index in [1.807, 2.05) is 12.1 Å². The fourth-order valence-electron chi connectivity index (χ4n) is 1.96. The number of hydrogen-bond donors (Lipinski definition) is 1. The average Bonchev–Trinajstić information content (AvgIpc) is 2.33. The van der Waals surface area contributed by atoms with Gasteiger partial charge in [0, 0.05) is 6.04 Å². The molecule has 0 aliphatic heterocycles. The molecular formula is C14H21Cl2N. The monoisotopic (exact) mass is 273 g/mol. The highest BCUT2D eigenvalue weighted by Crippen LogP contribution is 2.27. The van der Waals surface area contributed by atoms with Crippen LogP contribution in [0.25, 0.3) is 0 Å². The van der Waals surface area contributed by atoms with Crippen LogP contribution < -0.4 is 5.32 Å². The van der Waals surface area contributed by atoms with E-state index >= 15 is 0 Å². The SMILES string of the molecule is CCNC(Cc1cccc(Cl)c1Cl)C(C)CC. The Bertz CT molecular complexity index is 352. The molecule has 1 aromatic carbocycles. The molecular weight excluding hydrogens is 253 g/mol. The van der Waals surface area contributed by atoms with Gasteiger partial charge >= 0.3 is 0 Å². The van der Waals surface area contributed by atoms with Crippen molar-refractivity contribution in [2.75, 3.05) is 6.54 Å². The van der Waals surface area contributed by atoms with Crippen molar-refractivity contribution >= 4 is 23.2 Å². The smallest absolute Gasteiger partial charge is 0.0624 e. The van der Waals surface area contributed by atoms with Crippen LogP contribution in [0.1, 0.15) is 32.8 Å². The molecule has 1 aromatic rings. The Morgan fingerprint density at radius 3 is 2.53 bits per heavy atom. The lowest BCUT2D eigenvalue weighted by molar-refractivity contribution is 0.371. The van der Waals surface area contributed by atoms with E-state index in [0.29, 0.717) is 22.0 Å². The van der Waals surface area contributed by atoms with Gasteiger partial charge in [-0.3, -0.25) is 0 Å². The fraction of sp³-hybridized carbons (Fsp3) is 0.571. The molecule has 1 nitrogen and oxygen atoms in total. The molecule has 1 N–H and O–H groups in total. The van der Waals surface area contributed by atoms with Crippen LogP contribution in [0.2, 0.25) is 10.0 Å². The van der Waals surface area contributed by atoms with Gasteiger partial charge in [-0.2, -0.15) is 0 Å². The Morgan fingerprint density at radius 1 is 1.24 bits per heavy atom. The van der Waals surface area contributed by atoms with Gasteiger partial charge in [0.1, 0.15) is 0 Å². The van der Waals surface area contributed by atoms with Crippen molar-refractivity contribution in [2.45, 2.75) is 39.7 Å². The van der Waals surface area contributed by atoms with Crippen molar-refractivity contribution in [3.8, 4) is 0 Å². The van der Waals surface area contributed by atoms with Crippen molar-refractivity contribution in [1.82, 2.24) is 5.32 Å². The Balaban J connectivity index is 2.82. The summed E-state index contributed by atoms with van der Waals surface area (Å²) in [6.07, 6.45) is 2.10. The Labute approximate surface area is 115 Å². The molecule has 0 amide bonds. The van der Waals surface area contributed by atoms with Gasteiger partial charge in [0.25, 0.3) is 0 Å². The Morgan fingerprint density at radius 2 is 1.94 bits per heavy atom. The second-order valence-electron chi connectivity index (χ2n) is 4.47. The third-order valence-corrected chi connectivity index (χ3v) is 4.13. The maximum atomic E-state index is 6.23. The van der Waals surface area contributed by atoms with Crippen LogP contribution in [0.3, 0.4) is 0 Å². The predicted molar refractivity (Wildman–Crippen MR) is 77.1 cm³/mol. The molecule has 0 saturated carbocycles. The summed E-state index contributed by atoms with van der Waals surface area (Å²) in [4.78, 5) is 0. The van der Waals surface area contributed by atoms with Crippen molar-refractivity contribution in [3.63, 3.8) is 0 Å². The molecule has 0 aliphatic rings. The van der Waals surface area contributed by atoms with E-state index in [2.05, 4.69) is 32.2 Å². The predicted octanol–water partition coefficient (Wildman–Crippen LogP) is 4.56. The molecule has 17 heavy (non-hydrogen) atoms. The van der Waals surface area contributed by atoms with Crippen molar-refractivity contribution in [1.29, 1.82) is 0 Å². The highest BCUT2D eigenvalue weighted by Gasteiger charge is 2.17. The quantitative estimate of drug-likeness (QED) is 0.801. The van der Waals surface area contributed by atoms with Crippen LogP contribution in [-0.4, -0.2) is 12.6 Å². The largest absolute Gasteiger partial charge is 0.314 e. The lowest BCUT2D eigenvalue weighted by Gasteiger charge is -2.24. The summed E-state index contributed by atoms with van der Waals surface area (Å²) in [5.41, 5.74) is 1.13. The highest BCUT2D eigenvalue weighted by atomic mass is 35.5. The van der Waals surface area contributed by atoms with Crippen LogP contribution in [0.5, 0.6) is 0 Å². The van der Waals surface area contributed by atoms with Crippen LogP contribution in [0.4, 0.5) is 0 Å². The van der Waals surface area contributed by atoms with Gasteiger partial charge in [-0.15, -0.1) is 0 Å². The lowest BCUT2D eigenvalue weighted by Crippen LogP contribution is -2.36. The summed E-state index contributed by atoms with van der Waals surface area (Å²) in [5, 5.41) is 4.86. The molecule has 0 fully saturated rings. The minimum absolute atomic E-state index is 0.459. The first kappa shape index (κ1) is 14.8. The zero-order valence-electron chi connectivity index (χ0n) is 10.8. The molecule has 1 rings (SSSR count). The molecule has 0 aliphatic carbocycles. The van der Waals surface area contributed by atoms with Gasteiger partial charge in [-0.05, 0) is 30.5 Å². The number of halogens is 2. The van der Waals surface area contributed by atoms with E-state index in [-0.39, 0.29) is 0 Å². The highest BCUT2D eigenvalue weighted by molar-refractivity contribution is 6.42. The van der Waals surface area contributed by atoms with Crippen LogP contribution in [0.15, 0.2) is 18.2 Å². The minimum atomic E-state index is 0.459. The summed E-state index contributed by atoms with van der Waals surface area (Å²) >= 11 is 12.3. The third-order valence-electron chi connectivity index (χ3n) is 3.27. The molecule has 0 bridgehead atoms. The topological polar surface area (TPSA) is 12.0 Å². The average molecular weight is 274 g/mol. The number of hydrogen-bond acceptors (Lipinski definition) is 1. The van der Waals surface area contributed by atoms with Crippen molar-refractivity contribution in [2.24, 2.45) is 5.92 Å². The second-order valence-corrected chi connectivity index (χ2v) is 5.25. The van der Waals surface area contributed by atoms with E-state index in [1.165, 1.54) is 0 Å². The van der Waals surface area contributed by atoms with E-state index < -0.39 is 0 Å². The summed E-state index contributed by atoms with van der Waals surface area (Å²) < 4.78 is 0. The first-order chi connectivity index (χ1) is 8.10. The molecule has 2 unspecified atom stereocenters. The van der Waals surface area contributed by atoms with Crippen molar-refractivity contribution in [3.05, 3.63) is 33.8 Å². The number of rotatable bonds is 6. The van der Waals surface area contributed by atoms with Gasteiger partial charge < -0.3 is 5.32 Å². The summed E-state index contributed by atoms with van der Waals surface area (Å²) in [5.74, 6) is 0.630. The Kier molecular flexibility index (Phi) is 6.32. The van der Waals surface area contributed by atoms with Gasteiger partial charge in [0.2, 0.25) is 0 Å². The van der Waals surface area contributed by atoms with Crippen molar-refractivity contribution < 1.29 is 0 Å². The normalized spacial score (nSPS) is 14.6. The minimum Gasteiger partial charge on any atom is -0.314 e. The standard InChI is InChI=1S/C14H21Cl2N/c1-4-10(3)13(17-5-2)9-11-7-6-8-12(15)14(11)16/h6-8,10,13,17H,4-5,9H2,1-3H3. The maximum Gasteiger partial charge on any atom is 0.0624 e. The summed E-state index contributed by atoms with van der Waals surface area (Å²) in [6, 6.07) is 6.31. The number of nitrogens with one attached hydrogen (secondary N) is 1. The van der Waals surface area contributed by atoms with E-state index in [0.717, 1.165) is 24.9 Å². The molecule has 2 atom stereocenters. The molecule has 3 heteroatoms. The molecule has 0 radical (unpaired) electrons.